The van der Waals surface area contributed by atoms with Crippen molar-refractivity contribution in [3.05, 3.63) is 16.8 Å². The number of hydrogen-bond donors (Lipinski definition) is 2. The van der Waals surface area contributed by atoms with Crippen LogP contribution in [0.2, 0.25) is 0 Å². The largest absolute Gasteiger partial charge is 0.383 e. The maximum Gasteiger partial charge on any atom is 0.319 e. The Morgan fingerprint density at radius 1 is 1.33 bits per heavy atom. The Balaban J connectivity index is 1.24. The molecule has 5 heterocycles. The molecule has 4 aliphatic heterocycles. The molecule has 1 unspecified atom stereocenters. The van der Waals surface area contributed by atoms with Gasteiger partial charge in [-0.05, 0) is 62.1 Å². The fourth-order valence-corrected chi connectivity index (χ4v) is 5.80. The van der Waals surface area contributed by atoms with Crippen LogP contribution in [0.3, 0.4) is 0 Å². The van der Waals surface area contributed by atoms with E-state index < -0.39 is 0 Å². The Morgan fingerprint density at radius 2 is 2.26 bits per heavy atom. The van der Waals surface area contributed by atoms with E-state index >= 15 is 0 Å². The lowest BCUT2D eigenvalue weighted by atomic mass is 9.75. The molecule has 0 aliphatic carbocycles. The number of anilines is 1. The summed E-state index contributed by atoms with van der Waals surface area (Å²) in [5, 5.41) is 9.90. The lowest BCUT2D eigenvalue weighted by molar-refractivity contribution is -0.0162. The summed E-state index contributed by atoms with van der Waals surface area (Å²) in [6.07, 6.45) is 5.11. The van der Waals surface area contributed by atoms with E-state index in [1.807, 2.05) is 23.9 Å². The number of likely N-dealkylation sites (tertiary alicyclic amines) is 1. The molecule has 0 saturated carbocycles. The van der Waals surface area contributed by atoms with Crippen LogP contribution < -0.4 is 10.6 Å². The fraction of sp³-hybridized carbons (Fsp3) is 0.750. The predicted octanol–water partition coefficient (Wildman–Crippen LogP) is 2.69. The average Bonchev–Trinajstić information content (AvgIpc) is 3.34. The van der Waals surface area contributed by atoms with E-state index in [0.717, 1.165) is 30.7 Å². The van der Waals surface area contributed by atoms with Crippen molar-refractivity contribution in [3.63, 3.8) is 0 Å². The van der Waals surface area contributed by atoms with Gasteiger partial charge in [0.15, 0.2) is 0 Å². The summed E-state index contributed by atoms with van der Waals surface area (Å²) in [4.78, 5) is 17.4. The number of fused-ring (bicyclic) bond motifs is 3. The molecule has 0 spiro atoms. The van der Waals surface area contributed by atoms with E-state index in [2.05, 4.69) is 20.4 Å². The minimum absolute atomic E-state index is 0.0907. The van der Waals surface area contributed by atoms with Crippen molar-refractivity contribution < 1.29 is 9.53 Å². The highest BCUT2D eigenvalue weighted by Gasteiger charge is 2.41. The molecule has 27 heavy (non-hydrogen) atoms. The van der Waals surface area contributed by atoms with Crippen molar-refractivity contribution in [1.29, 1.82) is 0 Å². The molecule has 1 aromatic rings. The lowest BCUT2D eigenvalue weighted by Crippen LogP contribution is -2.59. The van der Waals surface area contributed by atoms with Crippen LogP contribution in [-0.2, 0) is 4.74 Å². The third-order valence-electron chi connectivity index (χ3n) is 6.62. The summed E-state index contributed by atoms with van der Waals surface area (Å²) in [6.45, 7) is 6.42. The number of hydrogen-bond acceptors (Lipinski definition) is 5. The quantitative estimate of drug-likeness (QED) is 0.749. The van der Waals surface area contributed by atoms with Gasteiger partial charge < -0.3 is 15.4 Å². The molecule has 5 rings (SSSR count). The number of methoxy groups -OCH3 is 1. The van der Waals surface area contributed by atoms with E-state index in [4.69, 9.17) is 4.74 Å². The van der Waals surface area contributed by atoms with Crippen LogP contribution in [0.4, 0.5) is 10.5 Å². The number of amides is 2. The number of nitrogens with one attached hydrogen (secondary N) is 2. The molecule has 2 amide bonds. The first-order valence-corrected chi connectivity index (χ1v) is 11.2. The normalized spacial score (nSPS) is 33.3. The van der Waals surface area contributed by atoms with E-state index in [0.29, 0.717) is 12.1 Å². The van der Waals surface area contributed by atoms with Gasteiger partial charge >= 0.3 is 6.03 Å². The molecule has 6 nitrogen and oxygen atoms in total. The lowest BCUT2D eigenvalue weighted by Gasteiger charge is -2.51. The van der Waals surface area contributed by atoms with Crippen molar-refractivity contribution >= 4 is 23.1 Å². The van der Waals surface area contributed by atoms with Crippen molar-refractivity contribution in [3.8, 4) is 0 Å². The smallest absolute Gasteiger partial charge is 0.319 e. The van der Waals surface area contributed by atoms with Crippen molar-refractivity contribution in [2.45, 2.75) is 37.8 Å². The molecule has 4 aliphatic rings. The Labute approximate surface area is 166 Å². The number of rotatable bonds is 7. The minimum atomic E-state index is -0.0907. The van der Waals surface area contributed by atoms with Crippen LogP contribution in [0, 0.1) is 11.8 Å². The van der Waals surface area contributed by atoms with Crippen molar-refractivity contribution in [1.82, 2.24) is 15.1 Å². The average molecular weight is 393 g/mol. The van der Waals surface area contributed by atoms with Gasteiger partial charge in [-0.3, -0.25) is 9.80 Å². The summed E-state index contributed by atoms with van der Waals surface area (Å²) < 4.78 is 5.42. The predicted molar refractivity (Wildman–Crippen MR) is 109 cm³/mol. The van der Waals surface area contributed by atoms with Crippen LogP contribution in [0.5, 0.6) is 0 Å². The molecule has 7 heteroatoms. The second kappa shape index (κ2) is 8.90. The van der Waals surface area contributed by atoms with E-state index in [9.17, 15) is 4.79 Å². The molecule has 0 radical (unpaired) electrons. The van der Waals surface area contributed by atoms with E-state index in [1.165, 1.54) is 51.9 Å². The number of nitrogens with zero attached hydrogens (tertiary/aromatic N) is 2. The van der Waals surface area contributed by atoms with Crippen LogP contribution in [0.25, 0.3) is 0 Å². The maximum absolute atomic E-state index is 12.1. The standard InChI is InChI=1S/C20H32N4O2S/c1-26-13-18-3-2-6-23(18)11-16-12-24-7-4-15(16)9-19(24)10-21-20(25)22-17-5-8-27-14-17/h5,8,14-16,18-19H,2-4,6-7,9-13H2,1H3,(H2,21,22,25)/t15-,16-,18+,19+/m0/s1. The van der Waals surface area contributed by atoms with Crippen LogP contribution in [-0.4, -0.2) is 74.4 Å². The number of thiophene rings is 1. The number of piperidine rings is 3. The van der Waals surface area contributed by atoms with Crippen LogP contribution in [0.1, 0.15) is 25.7 Å². The summed E-state index contributed by atoms with van der Waals surface area (Å²) in [5.41, 5.74) is 0.874. The monoisotopic (exact) mass is 392 g/mol. The molecule has 4 saturated heterocycles. The SMILES string of the molecule is COC[C@H]1CCCN1C[C@H]1CN2CC[C@H]1C[C@@H]2CNC(=O)Nc1ccsc1. The third kappa shape index (κ3) is 4.65. The van der Waals surface area contributed by atoms with Crippen molar-refractivity contribution in [2.75, 3.05) is 51.8 Å². The van der Waals surface area contributed by atoms with Gasteiger partial charge in [0.05, 0.1) is 12.3 Å². The molecular formula is C20H32N4O2S. The summed E-state index contributed by atoms with van der Waals surface area (Å²) in [7, 11) is 1.82. The van der Waals surface area contributed by atoms with Crippen LogP contribution in [0.15, 0.2) is 16.8 Å². The van der Waals surface area contributed by atoms with Gasteiger partial charge in [0.25, 0.3) is 0 Å². The van der Waals surface area contributed by atoms with Gasteiger partial charge in [0.2, 0.25) is 0 Å². The Hall–Kier alpha value is -1.15. The molecular weight excluding hydrogens is 360 g/mol. The summed E-state index contributed by atoms with van der Waals surface area (Å²) >= 11 is 1.59. The third-order valence-corrected chi connectivity index (χ3v) is 7.30. The number of ether oxygens (including phenoxy) is 1. The molecule has 1 aromatic heterocycles. The fourth-order valence-electron chi connectivity index (χ4n) is 5.21. The van der Waals surface area contributed by atoms with Gasteiger partial charge in [-0.1, -0.05) is 0 Å². The zero-order chi connectivity index (χ0) is 18.6. The summed E-state index contributed by atoms with van der Waals surface area (Å²) in [5.74, 6) is 1.57. The van der Waals surface area contributed by atoms with Gasteiger partial charge in [0.1, 0.15) is 0 Å². The Kier molecular flexibility index (Phi) is 6.32. The second-order valence-corrected chi connectivity index (χ2v) is 9.07. The second-order valence-electron chi connectivity index (χ2n) is 8.29. The number of carbonyl (C=O) groups excluding carboxylic acids is 1. The molecule has 5 atom stereocenters. The highest BCUT2D eigenvalue weighted by molar-refractivity contribution is 7.08. The number of carbonyl (C=O) groups is 1. The van der Waals surface area contributed by atoms with Gasteiger partial charge in [0, 0.05) is 44.2 Å². The first-order chi connectivity index (χ1) is 13.2. The zero-order valence-corrected chi connectivity index (χ0v) is 17.0. The maximum atomic E-state index is 12.1. The van der Waals surface area contributed by atoms with E-state index in [-0.39, 0.29) is 6.03 Å². The van der Waals surface area contributed by atoms with E-state index in [1.54, 1.807) is 11.3 Å². The highest BCUT2D eigenvalue weighted by Crippen LogP contribution is 2.37. The van der Waals surface area contributed by atoms with Gasteiger partial charge in [-0.2, -0.15) is 11.3 Å². The molecule has 150 valence electrons. The highest BCUT2D eigenvalue weighted by atomic mass is 32.1. The van der Waals surface area contributed by atoms with Gasteiger partial charge in [-0.25, -0.2) is 4.79 Å². The van der Waals surface area contributed by atoms with Crippen molar-refractivity contribution in [2.24, 2.45) is 11.8 Å². The Morgan fingerprint density at radius 3 is 3.00 bits per heavy atom. The zero-order valence-electron chi connectivity index (χ0n) is 16.2. The summed E-state index contributed by atoms with van der Waals surface area (Å²) in [6, 6.07) is 2.94. The molecule has 4 fully saturated rings. The van der Waals surface area contributed by atoms with Crippen LogP contribution >= 0.6 is 11.3 Å². The topological polar surface area (TPSA) is 56.8 Å². The number of urea groups is 1. The molecule has 2 N–H and O–H groups in total. The van der Waals surface area contributed by atoms with Gasteiger partial charge in [-0.15, -0.1) is 0 Å². The molecule has 2 bridgehead atoms. The molecule has 0 aromatic carbocycles. The Bertz CT molecular complexity index is 611. The first kappa shape index (κ1) is 19.2. The first-order valence-electron chi connectivity index (χ1n) is 10.3. The minimum Gasteiger partial charge on any atom is -0.383 e.